The number of fused-ring (bicyclic) bond motifs is 2. The van der Waals surface area contributed by atoms with Gasteiger partial charge in [0, 0.05) is 5.92 Å². The van der Waals surface area contributed by atoms with Gasteiger partial charge in [0.1, 0.15) is 0 Å². The molecule has 0 unspecified atom stereocenters. The van der Waals surface area contributed by atoms with Crippen molar-refractivity contribution in [2.45, 2.75) is 71.6 Å². The van der Waals surface area contributed by atoms with Crippen molar-refractivity contribution in [3.8, 4) is 22.3 Å². The molecule has 5 aromatic carbocycles. The standard InChI is InChI=1S/C46H46/c1-45(2,3)38-20-10-16-34(27-38)40-22-12-18-32-25-36(29-43(32)40)42(24-31-14-8-7-9-15-31)37-26-33-19-13-23-41(44(33)30-37)35-17-11-21-39(28-35)46(4,5)6/h7-23,27-30,42H,24-26H2,1-6H3. The lowest BCUT2D eigenvalue weighted by molar-refractivity contribution is 0.590. The van der Waals surface area contributed by atoms with Gasteiger partial charge in [0.2, 0.25) is 0 Å². The van der Waals surface area contributed by atoms with Crippen molar-refractivity contribution in [1.82, 2.24) is 0 Å². The molecule has 0 aliphatic heterocycles. The molecular formula is C46H46. The molecule has 2 aliphatic carbocycles. The lowest BCUT2D eigenvalue weighted by Crippen LogP contribution is -2.12. The number of benzene rings is 5. The second-order valence-corrected chi connectivity index (χ2v) is 15.5. The molecule has 0 amide bonds. The van der Waals surface area contributed by atoms with Crippen LogP contribution in [0.25, 0.3) is 34.4 Å². The molecule has 0 heteroatoms. The first kappa shape index (κ1) is 30.2. The minimum atomic E-state index is 0.118. The summed E-state index contributed by atoms with van der Waals surface area (Å²) in [5, 5.41) is 0. The topological polar surface area (TPSA) is 0 Å². The van der Waals surface area contributed by atoms with E-state index in [4.69, 9.17) is 0 Å². The average Bonchev–Trinajstić information content (AvgIpc) is 3.68. The van der Waals surface area contributed by atoms with E-state index in [2.05, 4.69) is 169 Å². The van der Waals surface area contributed by atoms with Crippen LogP contribution >= 0.6 is 0 Å². The summed E-state index contributed by atoms with van der Waals surface area (Å²) in [6.07, 6.45) is 8.12. The van der Waals surface area contributed by atoms with Crippen molar-refractivity contribution in [3.63, 3.8) is 0 Å². The molecule has 5 aromatic rings. The number of hydrogen-bond donors (Lipinski definition) is 0. The Morgan fingerprint density at radius 1 is 0.500 bits per heavy atom. The van der Waals surface area contributed by atoms with E-state index in [9.17, 15) is 0 Å². The molecule has 0 bridgehead atoms. The summed E-state index contributed by atoms with van der Waals surface area (Å²) in [5.41, 5.74) is 18.5. The smallest absolute Gasteiger partial charge is 0.00607 e. The summed E-state index contributed by atoms with van der Waals surface area (Å²) in [7, 11) is 0. The molecule has 0 fully saturated rings. The number of hydrogen-bond acceptors (Lipinski definition) is 0. The molecule has 0 N–H and O–H groups in total. The van der Waals surface area contributed by atoms with Crippen molar-refractivity contribution in [2.75, 3.05) is 0 Å². The van der Waals surface area contributed by atoms with Gasteiger partial charge in [0.25, 0.3) is 0 Å². The molecule has 0 spiro atoms. The Kier molecular flexibility index (Phi) is 7.72. The zero-order valence-electron chi connectivity index (χ0n) is 28.3. The van der Waals surface area contributed by atoms with Crippen LogP contribution in [0.3, 0.4) is 0 Å². The Balaban J connectivity index is 1.30. The lowest BCUT2D eigenvalue weighted by Gasteiger charge is -2.21. The maximum Gasteiger partial charge on any atom is 0.00607 e. The van der Waals surface area contributed by atoms with E-state index < -0.39 is 0 Å². The van der Waals surface area contributed by atoms with E-state index in [1.807, 2.05) is 0 Å². The van der Waals surface area contributed by atoms with Crippen LogP contribution < -0.4 is 0 Å². The second kappa shape index (κ2) is 11.7. The van der Waals surface area contributed by atoms with E-state index in [0.717, 1.165) is 19.3 Å². The van der Waals surface area contributed by atoms with Gasteiger partial charge in [-0.05, 0) is 91.3 Å². The van der Waals surface area contributed by atoms with E-state index in [1.54, 1.807) is 0 Å². The van der Waals surface area contributed by atoms with Crippen molar-refractivity contribution in [3.05, 3.63) is 165 Å². The van der Waals surface area contributed by atoms with Gasteiger partial charge in [0.05, 0.1) is 0 Å². The highest BCUT2D eigenvalue weighted by atomic mass is 14.3. The zero-order chi connectivity index (χ0) is 32.1. The fraction of sp³-hybridized carbons (Fsp3) is 0.261. The van der Waals surface area contributed by atoms with Gasteiger partial charge in [-0.3, -0.25) is 0 Å². The summed E-state index contributed by atoms with van der Waals surface area (Å²) >= 11 is 0. The monoisotopic (exact) mass is 598 g/mol. The minimum absolute atomic E-state index is 0.118. The Morgan fingerprint density at radius 3 is 1.41 bits per heavy atom. The number of allylic oxidation sites excluding steroid dienone is 2. The van der Waals surface area contributed by atoms with Gasteiger partial charge in [-0.2, -0.15) is 0 Å². The van der Waals surface area contributed by atoms with Gasteiger partial charge >= 0.3 is 0 Å². The average molecular weight is 599 g/mol. The van der Waals surface area contributed by atoms with Crippen LogP contribution in [0.4, 0.5) is 0 Å². The fourth-order valence-corrected chi connectivity index (χ4v) is 7.40. The van der Waals surface area contributed by atoms with E-state index in [0.29, 0.717) is 5.92 Å². The molecule has 7 rings (SSSR count). The summed E-state index contributed by atoms with van der Waals surface area (Å²) in [4.78, 5) is 0. The summed E-state index contributed by atoms with van der Waals surface area (Å²) < 4.78 is 0. The Hall–Kier alpha value is -4.42. The van der Waals surface area contributed by atoms with Crippen LogP contribution in [0.5, 0.6) is 0 Å². The SMILES string of the molecule is CC(C)(C)c1cccc(-c2cccc3c2C=C(C(Cc2ccccc2)C2=Cc4c(cccc4-c4cccc(C(C)(C)C)c4)C2)C3)c1. The first-order valence-electron chi connectivity index (χ1n) is 16.9. The summed E-state index contributed by atoms with van der Waals surface area (Å²) in [6, 6.07) is 43.2. The highest BCUT2D eigenvalue weighted by molar-refractivity contribution is 5.84. The van der Waals surface area contributed by atoms with E-state index >= 15 is 0 Å². The Labute approximate surface area is 276 Å². The van der Waals surface area contributed by atoms with Crippen LogP contribution in [-0.2, 0) is 30.1 Å². The zero-order valence-corrected chi connectivity index (χ0v) is 28.3. The predicted octanol–water partition coefficient (Wildman–Crippen LogP) is 12.1. The quantitative estimate of drug-likeness (QED) is 0.182. The molecule has 0 radical (unpaired) electrons. The highest BCUT2D eigenvalue weighted by Crippen LogP contribution is 2.44. The fourth-order valence-electron chi connectivity index (χ4n) is 7.40. The van der Waals surface area contributed by atoms with Crippen molar-refractivity contribution >= 4 is 12.2 Å². The minimum Gasteiger partial charge on any atom is -0.0622 e. The molecule has 0 atom stereocenters. The third kappa shape index (κ3) is 5.94. The molecule has 0 saturated heterocycles. The molecule has 46 heavy (non-hydrogen) atoms. The van der Waals surface area contributed by atoms with Crippen LogP contribution in [0.15, 0.2) is 126 Å². The molecule has 0 heterocycles. The van der Waals surface area contributed by atoms with Crippen molar-refractivity contribution < 1.29 is 0 Å². The van der Waals surface area contributed by atoms with E-state index in [1.165, 1.54) is 72.3 Å². The molecule has 2 aliphatic rings. The molecule has 230 valence electrons. The lowest BCUT2D eigenvalue weighted by atomic mass is 9.83. The molecule has 0 saturated carbocycles. The predicted molar refractivity (Wildman–Crippen MR) is 198 cm³/mol. The van der Waals surface area contributed by atoms with Gasteiger partial charge in [0.15, 0.2) is 0 Å². The molecular weight excluding hydrogens is 553 g/mol. The first-order valence-corrected chi connectivity index (χ1v) is 16.9. The first-order chi connectivity index (χ1) is 22.0. The van der Waals surface area contributed by atoms with Gasteiger partial charge in [-0.1, -0.05) is 180 Å². The van der Waals surface area contributed by atoms with Gasteiger partial charge in [-0.15, -0.1) is 0 Å². The van der Waals surface area contributed by atoms with Gasteiger partial charge in [-0.25, -0.2) is 0 Å². The third-order valence-corrected chi connectivity index (χ3v) is 10.1. The normalized spacial score (nSPS) is 14.2. The summed E-state index contributed by atoms with van der Waals surface area (Å²) in [5.74, 6) is 0.352. The maximum absolute atomic E-state index is 2.54. The number of rotatable bonds is 6. The van der Waals surface area contributed by atoms with Crippen molar-refractivity contribution in [2.24, 2.45) is 5.92 Å². The second-order valence-electron chi connectivity index (χ2n) is 15.5. The van der Waals surface area contributed by atoms with Crippen LogP contribution in [0.1, 0.15) is 80.5 Å². The van der Waals surface area contributed by atoms with E-state index in [-0.39, 0.29) is 10.8 Å². The largest absolute Gasteiger partial charge is 0.0622 e. The Bertz CT molecular complexity index is 1840. The van der Waals surface area contributed by atoms with Crippen molar-refractivity contribution in [1.29, 1.82) is 0 Å². The highest BCUT2D eigenvalue weighted by Gasteiger charge is 2.29. The van der Waals surface area contributed by atoms with Crippen LogP contribution in [0.2, 0.25) is 0 Å². The Morgan fingerprint density at radius 2 is 0.957 bits per heavy atom. The molecule has 0 aromatic heterocycles. The maximum atomic E-state index is 2.54. The van der Waals surface area contributed by atoms with Crippen LogP contribution in [0, 0.1) is 5.92 Å². The third-order valence-electron chi connectivity index (χ3n) is 10.1. The van der Waals surface area contributed by atoms with Gasteiger partial charge < -0.3 is 0 Å². The van der Waals surface area contributed by atoms with Crippen LogP contribution in [-0.4, -0.2) is 0 Å². The summed E-state index contributed by atoms with van der Waals surface area (Å²) in [6.45, 7) is 13.8. The molecule has 0 nitrogen and oxygen atoms in total.